The molecular formula is C10H16F3NO3. The summed E-state index contributed by atoms with van der Waals surface area (Å²) in [6.07, 6.45) is -2.99. The molecule has 0 aliphatic carbocycles. The minimum absolute atomic E-state index is 0.0684. The van der Waals surface area contributed by atoms with Gasteiger partial charge in [0.1, 0.15) is 0 Å². The lowest BCUT2D eigenvalue weighted by molar-refractivity contribution is -0.145. The Morgan fingerprint density at radius 2 is 2.06 bits per heavy atom. The molecule has 0 bridgehead atoms. The van der Waals surface area contributed by atoms with Gasteiger partial charge in [-0.25, -0.2) is 4.79 Å². The van der Waals surface area contributed by atoms with E-state index >= 15 is 0 Å². The Morgan fingerprint density at radius 1 is 1.47 bits per heavy atom. The fourth-order valence-corrected chi connectivity index (χ4v) is 1.14. The average Bonchev–Trinajstić information content (AvgIpc) is 2.22. The lowest BCUT2D eigenvalue weighted by atomic mass is 10.2. The number of aliphatic hydroxyl groups is 1. The molecule has 0 radical (unpaired) electrons. The van der Waals surface area contributed by atoms with Crippen molar-refractivity contribution in [2.45, 2.75) is 13.1 Å². The maximum Gasteiger partial charge on any atom is 0.401 e. The van der Waals surface area contributed by atoms with Crippen LogP contribution in [0.2, 0.25) is 0 Å². The third-order valence-corrected chi connectivity index (χ3v) is 1.98. The van der Waals surface area contributed by atoms with Crippen molar-refractivity contribution < 1.29 is 27.8 Å². The Labute approximate surface area is 97.7 Å². The third-order valence-electron chi connectivity index (χ3n) is 1.98. The summed E-state index contributed by atoms with van der Waals surface area (Å²) >= 11 is 0. The lowest BCUT2D eigenvalue weighted by Gasteiger charge is -2.21. The van der Waals surface area contributed by atoms with Crippen LogP contribution in [0.1, 0.15) is 6.92 Å². The molecule has 1 N–H and O–H groups in total. The number of hydrogen-bond acceptors (Lipinski definition) is 4. The zero-order chi connectivity index (χ0) is 13.5. The van der Waals surface area contributed by atoms with Crippen LogP contribution in [-0.4, -0.2) is 55.5 Å². The minimum atomic E-state index is -4.33. The zero-order valence-corrected chi connectivity index (χ0v) is 9.75. The average molecular weight is 255 g/mol. The monoisotopic (exact) mass is 255 g/mol. The van der Waals surface area contributed by atoms with Crippen molar-refractivity contribution >= 4 is 5.97 Å². The zero-order valence-electron chi connectivity index (χ0n) is 9.75. The fraction of sp³-hybridized carbons (Fsp3) is 0.700. The number of carbonyl (C=O) groups is 1. The van der Waals surface area contributed by atoms with Gasteiger partial charge in [-0.15, -0.1) is 0 Å². The molecule has 0 heterocycles. The van der Waals surface area contributed by atoms with Crippen molar-refractivity contribution in [1.29, 1.82) is 0 Å². The van der Waals surface area contributed by atoms with Crippen molar-refractivity contribution in [3.8, 4) is 0 Å². The predicted octanol–water partition coefficient (Wildman–Crippen LogP) is 0.962. The van der Waals surface area contributed by atoms with Gasteiger partial charge in [0.25, 0.3) is 0 Å². The van der Waals surface area contributed by atoms with Gasteiger partial charge in [0.2, 0.25) is 0 Å². The summed E-state index contributed by atoms with van der Waals surface area (Å²) in [4.78, 5) is 12.0. The van der Waals surface area contributed by atoms with Gasteiger partial charge in [0.15, 0.2) is 0 Å². The van der Waals surface area contributed by atoms with Crippen LogP contribution in [0.15, 0.2) is 11.6 Å². The van der Waals surface area contributed by atoms with E-state index < -0.39 is 18.7 Å². The molecule has 0 aromatic carbocycles. The maximum atomic E-state index is 12.1. The standard InChI is InChI=1S/C10H16F3NO3/c1-8(9(16)17-2)3-4-14(5-6-15)7-10(11,12)13/h3,15H,4-7H2,1-2H3. The number of alkyl halides is 3. The molecule has 0 aliphatic heterocycles. The van der Waals surface area contributed by atoms with Gasteiger partial charge in [-0.05, 0) is 6.92 Å². The van der Waals surface area contributed by atoms with Gasteiger partial charge in [0, 0.05) is 18.7 Å². The van der Waals surface area contributed by atoms with Gasteiger partial charge < -0.3 is 9.84 Å². The predicted molar refractivity (Wildman–Crippen MR) is 55.4 cm³/mol. The summed E-state index contributed by atoms with van der Waals surface area (Å²) < 4.78 is 40.8. The molecule has 0 spiro atoms. The molecule has 7 heteroatoms. The molecule has 0 aliphatic rings. The third kappa shape index (κ3) is 7.76. The quantitative estimate of drug-likeness (QED) is 0.567. The lowest BCUT2D eigenvalue weighted by Crippen LogP contribution is -2.36. The molecule has 0 saturated heterocycles. The second-order valence-electron chi connectivity index (χ2n) is 3.45. The maximum absolute atomic E-state index is 12.1. The Kier molecular flexibility index (Phi) is 6.82. The molecular weight excluding hydrogens is 239 g/mol. The number of rotatable bonds is 6. The van der Waals surface area contributed by atoms with Crippen molar-refractivity contribution in [2.24, 2.45) is 0 Å². The number of esters is 1. The number of methoxy groups -OCH3 is 1. The van der Waals surface area contributed by atoms with Crippen molar-refractivity contribution in [3.05, 3.63) is 11.6 Å². The second-order valence-corrected chi connectivity index (χ2v) is 3.45. The first-order valence-electron chi connectivity index (χ1n) is 4.95. The SMILES string of the molecule is COC(=O)C(C)=CCN(CCO)CC(F)(F)F. The highest BCUT2D eigenvalue weighted by molar-refractivity contribution is 5.87. The first kappa shape index (κ1) is 15.9. The van der Waals surface area contributed by atoms with Gasteiger partial charge >= 0.3 is 12.1 Å². The molecule has 0 fully saturated rings. The first-order chi connectivity index (χ1) is 7.80. The summed E-state index contributed by atoms with van der Waals surface area (Å²) in [7, 11) is 1.20. The van der Waals surface area contributed by atoms with E-state index in [9.17, 15) is 18.0 Å². The molecule has 0 atom stereocenters. The highest BCUT2D eigenvalue weighted by atomic mass is 19.4. The highest BCUT2D eigenvalue weighted by Crippen LogP contribution is 2.16. The van der Waals surface area contributed by atoms with Crippen LogP contribution in [0.3, 0.4) is 0 Å². The smallest absolute Gasteiger partial charge is 0.401 e. The molecule has 100 valence electrons. The van der Waals surface area contributed by atoms with Gasteiger partial charge in [0.05, 0.1) is 20.3 Å². The molecule has 17 heavy (non-hydrogen) atoms. The summed E-state index contributed by atoms with van der Waals surface area (Å²) in [5.74, 6) is -0.582. The van der Waals surface area contributed by atoms with Gasteiger partial charge in [-0.2, -0.15) is 13.2 Å². The molecule has 0 saturated carbocycles. The molecule has 0 rings (SSSR count). The number of carbonyl (C=O) groups excluding carboxylic acids is 1. The van der Waals surface area contributed by atoms with E-state index in [4.69, 9.17) is 5.11 Å². The Hall–Kier alpha value is -1.08. The Balaban J connectivity index is 4.40. The first-order valence-corrected chi connectivity index (χ1v) is 4.95. The number of nitrogens with zero attached hydrogens (tertiary/aromatic N) is 1. The van der Waals surface area contributed by atoms with Crippen LogP contribution < -0.4 is 0 Å². The van der Waals surface area contributed by atoms with E-state index in [0.717, 1.165) is 4.90 Å². The number of aliphatic hydroxyl groups excluding tert-OH is 1. The van der Waals surface area contributed by atoms with E-state index in [1.165, 1.54) is 20.1 Å². The molecule has 0 amide bonds. The summed E-state index contributed by atoms with van der Waals surface area (Å²) in [5, 5.41) is 8.63. The number of ether oxygens (including phenoxy) is 1. The minimum Gasteiger partial charge on any atom is -0.466 e. The van der Waals surface area contributed by atoms with E-state index in [2.05, 4.69) is 4.74 Å². The summed E-state index contributed by atoms with van der Waals surface area (Å²) in [6.45, 7) is -0.221. The second kappa shape index (κ2) is 7.29. The molecule has 0 aromatic heterocycles. The van der Waals surface area contributed by atoms with Crippen LogP contribution in [-0.2, 0) is 9.53 Å². The van der Waals surface area contributed by atoms with E-state index in [1.54, 1.807) is 0 Å². The van der Waals surface area contributed by atoms with Crippen LogP contribution in [0.4, 0.5) is 13.2 Å². The number of hydrogen-bond donors (Lipinski definition) is 1. The molecule has 0 aromatic rings. The number of halogens is 3. The van der Waals surface area contributed by atoms with Crippen LogP contribution >= 0.6 is 0 Å². The highest BCUT2D eigenvalue weighted by Gasteiger charge is 2.30. The summed E-state index contributed by atoms with van der Waals surface area (Å²) in [6, 6.07) is 0. The topological polar surface area (TPSA) is 49.8 Å². The fourth-order valence-electron chi connectivity index (χ4n) is 1.14. The summed E-state index contributed by atoms with van der Waals surface area (Å²) in [5.41, 5.74) is 0.234. The van der Waals surface area contributed by atoms with Crippen LogP contribution in [0.5, 0.6) is 0 Å². The molecule has 4 nitrogen and oxygen atoms in total. The van der Waals surface area contributed by atoms with Crippen LogP contribution in [0.25, 0.3) is 0 Å². The Bertz CT molecular complexity index is 276. The van der Waals surface area contributed by atoms with E-state index in [0.29, 0.717) is 0 Å². The van der Waals surface area contributed by atoms with E-state index in [1.807, 2.05) is 0 Å². The van der Waals surface area contributed by atoms with Crippen molar-refractivity contribution in [2.75, 3.05) is 33.4 Å². The van der Waals surface area contributed by atoms with Crippen LogP contribution in [0, 0.1) is 0 Å². The largest absolute Gasteiger partial charge is 0.466 e. The van der Waals surface area contributed by atoms with Gasteiger partial charge in [-0.1, -0.05) is 6.08 Å². The molecule has 0 unspecified atom stereocenters. The van der Waals surface area contributed by atoms with Crippen molar-refractivity contribution in [3.63, 3.8) is 0 Å². The normalized spacial score (nSPS) is 13.0. The Morgan fingerprint density at radius 3 is 2.47 bits per heavy atom. The van der Waals surface area contributed by atoms with Gasteiger partial charge in [-0.3, -0.25) is 4.90 Å². The van der Waals surface area contributed by atoms with E-state index in [-0.39, 0.29) is 25.3 Å². The van der Waals surface area contributed by atoms with Crippen molar-refractivity contribution in [1.82, 2.24) is 4.90 Å².